The zero-order valence-electron chi connectivity index (χ0n) is 22.6. The Hall–Kier alpha value is -4.13. The van der Waals surface area contributed by atoms with Crippen LogP contribution in [0.5, 0.6) is 5.75 Å². The molecule has 0 fully saturated rings. The largest absolute Gasteiger partial charge is 0.497 e. The molecule has 3 aromatic carbocycles. The number of fused-ring (bicyclic) bond motifs is 2. The van der Waals surface area contributed by atoms with Gasteiger partial charge in [0.25, 0.3) is 0 Å². The van der Waals surface area contributed by atoms with E-state index in [2.05, 4.69) is 24.0 Å². The summed E-state index contributed by atoms with van der Waals surface area (Å²) in [5.74, 6) is 6.68. The third-order valence-corrected chi connectivity index (χ3v) is 10.8. The molecule has 0 aliphatic carbocycles. The second kappa shape index (κ2) is 10.9. The monoisotopic (exact) mass is 536 g/mol. The molecule has 2 heterocycles. The summed E-state index contributed by atoms with van der Waals surface area (Å²) in [5, 5.41) is 1.06. The van der Waals surface area contributed by atoms with Gasteiger partial charge in [-0.2, -0.15) is 0 Å². The molecule has 2 bridgehead atoms. The quantitative estimate of drug-likeness (QED) is 0.184. The van der Waals surface area contributed by atoms with Gasteiger partial charge < -0.3 is 14.2 Å². The van der Waals surface area contributed by atoms with Crippen LogP contribution in [-0.2, 0) is 19.1 Å². The second-order valence-electron chi connectivity index (χ2n) is 9.43. The van der Waals surface area contributed by atoms with E-state index in [4.69, 9.17) is 14.2 Å². The molecule has 5 nitrogen and oxygen atoms in total. The van der Waals surface area contributed by atoms with Gasteiger partial charge in [0.15, 0.2) is 0 Å². The van der Waals surface area contributed by atoms with Crippen LogP contribution < -0.4 is 10.0 Å². The number of rotatable bonds is 5. The number of esters is 2. The van der Waals surface area contributed by atoms with Crippen LogP contribution in [0.15, 0.2) is 95.1 Å². The highest BCUT2D eigenvalue weighted by Gasteiger charge is 2.55. The Morgan fingerprint density at radius 1 is 0.692 bits per heavy atom. The normalized spacial score (nSPS) is 19.5. The number of ether oxygens (including phenoxy) is 3. The zero-order chi connectivity index (χ0) is 27.7. The molecule has 0 saturated heterocycles. The molecule has 2 aliphatic rings. The van der Waals surface area contributed by atoms with E-state index >= 15 is 0 Å². The Morgan fingerprint density at radius 3 is 1.77 bits per heavy atom. The third-order valence-electron chi connectivity index (χ3n) is 7.49. The lowest BCUT2D eigenvalue weighted by Crippen LogP contribution is -2.24. The van der Waals surface area contributed by atoms with Gasteiger partial charge in [-0.05, 0) is 62.5 Å². The minimum Gasteiger partial charge on any atom is -0.497 e. The zero-order valence-corrected chi connectivity index (χ0v) is 23.5. The standard InChI is InChI=1S/C33H29O5P/c1-20-21(2)31-29(33(35)38-5)28(32(34)37-4)30(20)39(31)27-13-9-7-11-24(27)15-14-22-10-6-8-12-26(22)23-16-18-25(36-3)19-17-23/h6-13,16-19,30-31H,1-5H3. The third kappa shape index (κ3) is 4.56. The first kappa shape index (κ1) is 26.5. The molecular formula is C33H29O5P. The van der Waals surface area contributed by atoms with Gasteiger partial charge in [0.1, 0.15) is 5.75 Å². The van der Waals surface area contributed by atoms with E-state index in [1.54, 1.807) is 7.11 Å². The molecule has 0 saturated carbocycles. The molecule has 0 amide bonds. The van der Waals surface area contributed by atoms with E-state index in [1.807, 2.05) is 74.5 Å². The summed E-state index contributed by atoms with van der Waals surface area (Å²) < 4.78 is 15.6. The maximum atomic E-state index is 12.9. The van der Waals surface area contributed by atoms with Crippen molar-refractivity contribution in [3.8, 4) is 28.7 Å². The highest BCUT2D eigenvalue weighted by atomic mass is 31.1. The van der Waals surface area contributed by atoms with E-state index in [0.717, 1.165) is 44.5 Å². The summed E-state index contributed by atoms with van der Waals surface area (Å²) in [6.07, 6.45) is 0. The van der Waals surface area contributed by atoms with Crippen LogP contribution in [0.3, 0.4) is 0 Å². The lowest BCUT2D eigenvalue weighted by Gasteiger charge is -2.22. The molecule has 2 aliphatic heterocycles. The number of allylic oxidation sites excluding steroid dienone is 2. The van der Waals surface area contributed by atoms with Crippen molar-refractivity contribution in [2.24, 2.45) is 0 Å². The first-order valence-electron chi connectivity index (χ1n) is 12.6. The molecule has 0 N–H and O–H groups in total. The van der Waals surface area contributed by atoms with Crippen molar-refractivity contribution in [1.29, 1.82) is 0 Å². The van der Waals surface area contributed by atoms with Crippen LogP contribution in [0.25, 0.3) is 11.1 Å². The van der Waals surface area contributed by atoms with E-state index in [-0.39, 0.29) is 11.3 Å². The number of hydrogen-bond acceptors (Lipinski definition) is 5. The van der Waals surface area contributed by atoms with Gasteiger partial charge in [0, 0.05) is 22.4 Å². The van der Waals surface area contributed by atoms with Crippen LogP contribution in [0, 0.1) is 11.8 Å². The summed E-state index contributed by atoms with van der Waals surface area (Å²) in [5.41, 5.74) is 6.56. The number of carbonyl (C=O) groups is 2. The van der Waals surface area contributed by atoms with Gasteiger partial charge >= 0.3 is 11.9 Å². The Labute approximate surface area is 230 Å². The van der Waals surface area contributed by atoms with Crippen molar-refractivity contribution in [2.75, 3.05) is 21.3 Å². The summed E-state index contributed by atoms with van der Waals surface area (Å²) in [6.45, 7) is 4.09. The predicted octanol–water partition coefficient (Wildman–Crippen LogP) is 5.61. The average Bonchev–Trinajstić information content (AvgIpc) is 3.45. The second-order valence-corrected chi connectivity index (χ2v) is 11.8. The van der Waals surface area contributed by atoms with Gasteiger partial charge in [0.2, 0.25) is 0 Å². The van der Waals surface area contributed by atoms with Crippen LogP contribution in [-0.4, -0.2) is 44.6 Å². The smallest absolute Gasteiger partial charge is 0.335 e. The first-order valence-corrected chi connectivity index (χ1v) is 14.1. The van der Waals surface area contributed by atoms with Gasteiger partial charge in [-0.1, -0.05) is 71.5 Å². The fourth-order valence-electron chi connectivity index (χ4n) is 5.50. The summed E-state index contributed by atoms with van der Waals surface area (Å²) in [7, 11) is 3.35. The topological polar surface area (TPSA) is 61.8 Å². The van der Waals surface area contributed by atoms with Crippen LogP contribution in [0.2, 0.25) is 0 Å². The van der Waals surface area contributed by atoms with Gasteiger partial charge in [-0.3, -0.25) is 0 Å². The molecule has 2 unspecified atom stereocenters. The minimum atomic E-state index is -1.01. The van der Waals surface area contributed by atoms with E-state index < -0.39 is 19.9 Å². The van der Waals surface area contributed by atoms with Gasteiger partial charge in [-0.15, -0.1) is 0 Å². The van der Waals surface area contributed by atoms with Crippen molar-refractivity contribution >= 4 is 25.2 Å². The lowest BCUT2D eigenvalue weighted by atomic mass is 9.87. The van der Waals surface area contributed by atoms with E-state index in [9.17, 15) is 9.59 Å². The molecule has 196 valence electrons. The number of carbonyl (C=O) groups excluding carboxylic acids is 2. The molecule has 0 radical (unpaired) electrons. The molecule has 6 heteroatoms. The highest BCUT2D eigenvalue weighted by Crippen LogP contribution is 2.67. The molecule has 0 aromatic heterocycles. The maximum Gasteiger partial charge on any atom is 0.335 e. The Morgan fingerprint density at radius 2 is 1.21 bits per heavy atom. The molecule has 2 atom stereocenters. The fraction of sp³-hybridized carbons (Fsp3) is 0.212. The number of hydrogen-bond donors (Lipinski definition) is 0. The molecular weight excluding hydrogens is 507 g/mol. The van der Waals surface area contributed by atoms with Crippen molar-refractivity contribution in [2.45, 2.75) is 25.2 Å². The van der Waals surface area contributed by atoms with Crippen molar-refractivity contribution in [1.82, 2.24) is 0 Å². The molecule has 39 heavy (non-hydrogen) atoms. The Balaban J connectivity index is 1.58. The number of methoxy groups -OCH3 is 3. The highest BCUT2D eigenvalue weighted by molar-refractivity contribution is 7.69. The maximum absolute atomic E-state index is 12.9. The predicted molar refractivity (Wildman–Crippen MR) is 154 cm³/mol. The van der Waals surface area contributed by atoms with Gasteiger partial charge in [0.05, 0.1) is 32.5 Å². The molecule has 5 rings (SSSR count). The van der Waals surface area contributed by atoms with Gasteiger partial charge in [-0.25, -0.2) is 9.59 Å². The SMILES string of the molecule is COC(=O)C1=C(C(=O)OC)C2C(C)=C(C)C1P2c1ccccc1C#Cc1ccccc1-c1ccc(OC)cc1. The first-order chi connectivity index (χ1) is 18.9. The van der Waals surface area contributed by atoms with E-state index in [0.29, 0.717) is 11.1 Å². The molecule has 3 aromatic rings. The van der Waals surface area contributed by atoms with Crippen molar-refractivity contribution in [3.05, 3.63) is 106 Å². The minimum absolute atomic E-state index is 0.207. The molecule has 0 spiro atoms. The van der Waals surface area contributed by atoms with Crippen LogP contribution >= 0.6 is 7.92 Å². The average molecular weight is 537 g/mol. The lowest BCUT2D eigenvalue weighted by molar-refractivity contribution is -0.139. The van der Waals surface area contributed by atoms with E-state index in [1.165, 1.54) is 14.2 Å². The fourth-order valence-corrected chi connectivity index (χ4v) is 9.31. The van der Waals surface area contributed by atoms with Crippen LogP contribution in [0.4, 0.5) is 0 Å². The Kier molecular flexibility index (Phi) is 7.42. The number of benzene rings is 3. The van der Waals surface area contributed by atoms with Crippen LogP contribution in [0.1, 0.15) is 25.0 Å². The Bertz CT molecular complexity index is 1540. The summed E-state index contributed by atoms with van der Waals surface area (Å²) in [6, 6.07) is 24.0. The summed E-state index contributed by atoms with van der Waals surface area (Å²) >= 11 is 0. The van der Waals surface area contributed by atoms with Crippen molar-refractivity contribution in [3.63, 3.8) is 0 Å². The summed E-state index contributed by atoms with van der Waals surface area (Å²) in [4.78, 5) is 25.9. The van der Waals surface area contributed by atoms with Crippen molar-refractivity contribution < 1.29 is 23.8 Å².